The van der Waals surface area contributed by atoms with E-state index in [1.807, 2.05) is 12.1 Å². The number of carbonyl (C=O) groups excluding carboxylic acids is 2. The molecule has 2 atom stereocenters. The van der Waals surface area contributed by atoms with Crippen molar-refractivity contribution in [2.75, 3.05) is 32.0 Å². The molecule has 2 amide bonds. The summed E-state index contributed by atoms with van der Waals surface area (Å²) in [4.78, 5) is 35.5. The summed E-state index contributed by atoms with van der Waals surface area (Å²) >= 11 is 14.8. The predicted molar refractivity (Wildman–Crippen MR) is 133 cm³/mol. The fourth-order valence-electron chi connectivity index (χ4n) is 3.41. The van der Waals surface area contributed by atoms with Gasteiger partial charge in [0.15, 0.2) is 10.1 Å². The highest BCUT2D eigenvalue weighted by molar-refractivity contribution is 8.01. The third-order valence-corrected chi connectivity index (χ3v) is 7.88. The minimum Gasteiger partial charge on any atom is -0.406 e. The molecule has 0 spiro atoms. The Hall–Kier alpha value is -1.86. The van der Waals surface area contributed by atoms with Crippen molar-refractivity contribution in [3.05, 3.63) is 51.0 Å². The predicted octanol–water partition coefficient (Wildman–Crippen LogP) is 2.29. The summed E-state index contributed by atoms with van der Waals surface area (Å²) in [6.07, 6.45) is 1.49. The summed E-state index contributed by atoms with van der Waals surface area (Å²) in [5, 5.41) is 5.82. The monoisotopic (exact) mass is 543 g/mol. The molecule has 0 bridgehead atoms. The van der Waals surface area contributed by atoms with E-state index >= 15 is 0 Å². The molecule has 4 N–H and O–H groups in total. The fraction of sp³-hybridized carbons (Fsp3) is 0.381. The average molecular weight is 544 g/mol. The number of morpholine rings is 1. The van der Waals surface area contributed by atoms with Crippen LogP contribution in [0.5, 0.6) is 0 Å². The van der Waals surface area contributed by atoms with Gasteiger partial charge in [0.25, 0.3) is 0 Å². The number of nitrogens with two attached hydrogens (primary N) is 1. The number of carbonyl (C=O) groups is 2. The number of thiazole rings is 1. The Morgan fingerprint density at radius 2 is 2.21 bits per heavy atom. The number of halogens is 2. The Balaban J connectivity index is 1.19. The summed E-state index contributed by atoms with van der Waals surface area (Å²) in [5.74, 6) is 0.0419. The van der Waals surface area contributed by atoms with Gasteiger partial charge in [0.05, 0.1) is 28.5 Å². The fourth-order valence-corrected chi connectivity index (χ4v) is 5.38. The van der Waals surface area contributed by atoms with Crippen LogP contribution in [0.25, 0.3) is 5.76 Å². The number of benzene rings is 1. The topological polar surface area (TPSA) is 119 Å². The van der Waals surface area contributed by atoms with Crippen LogP contribution in [0.2, 0.25) is 10.0 Å². The van der Waals surface area contributed by atoms with Crippen LogP contribution < -0.4 is 16.5 Å². The first-order valence-corrected chi connectivity index (χ1v) is 13.1. The van der Waals surface area contributed by atoms with E-state index in [1.165, 1.54) is 23.1 Å². The van der Waals surface area contributed by atoms with Crippen LogP contribution in [0, 0.1) is 0 Å². The Morgan fingerprint density at radius 3 is 2.97 bits per heavy atom. The van der Waals surface area contributed by atoms with Gasteiger partial charge in [-0.25, -0.2) is 4.98 Å². The molecular weight excluding hydrogens is 521 g/mol. The molecular formula is C21H23Cl2N5O4S2. The van der Waals surface area contributed by atoms with Crippen LogP contribution >= 0.6 is 46.3 Å². The maximum atomic E-state index is 12.3. The molecule has 1 unspecified atom stereocenters. The van der Waals surface area contributed by atoms with Crippen molar-refractivity contribution in [2.24, 2.45) is 5.73 Å². The van der Waals surface area contributed by atoms with Crippen LogP contribution in [-0.4, -0.2) is 65.8 Å². The second-order valence-corrected chi connectivity index (χ2v) is 10.6. The van der Waals surface area contributed by atoms with Gasteiger partial charge in [0, 0.05) is 31.6 Å². The normalized spacial score (nSPS) is 20.6. The first-order valence-electron chi connectivity index (χ1n) is 10.4. The Bertz CT molecular complexity index is 1080. The van der Waals surface area contributed by atoms with Crippen LogP contribution in [0.15, 0.2) is 34.0 Å². The number of aromatic nitrogens is 1. The Morgan fingerprint density at radius 1 is 1.35 bits per heavy atom. The third-order valence-electron chi connectivity index (χ3n) is 5.12. The zero-order chi connectivity index (χ0) is 24.1. The van der Waals surface area contributed by atoms with Crippen LogP contribution in [0.4, 0.5) is 0 Å². The van der Waals surface area contributed by atoms with E-state index in [2.05, 4.69) is 20.7 Å². The van der Waals surface area contributed by atoms with Crippen molar-refractivity contribution in [1.29, 1.82) is 0 Å². The van der Waals surface area contributed by atoms with Crippen molar-refractivity contribution in [1.82, 2.24) is 20.7 Å². The van der Waals surface area contributed by atoms with Gasteiger partial charge >= 0.3 is 0 Å². The number of rotatable bonds is 9. The Labute approximate surface area is 214 Å². The lowest BCUT2D eigenvalue weighted by atomic mass is 10.2. The van der Waals surface area contributed by atoms with E-state index in [0.717, 1.165) is 23.0 Å². The van der Waals surface area contributed by atoms with E-state index < -0.39 is 11.9 Å². The average Bonchev–Trinajstić information content (AvgIpc) is 3.49. The third kappa shape index (κ3) is 6.85. The van der Waals surface area contributed by atoms with Crippen molar-refractivity contribution >= 4 is 63.9 Å². The molecule has 2 aliphatic heterocycles. The Kier molecular flexibility index (Phi) is 8.70. The SMILES string of the molecule is NC(=O)C1C=C(c2csc(SCC(=O)NC[C@H]3CN(Cc4ccc(Cl)c(Cl)c4)CCO3)n2)ON1. The van der Waals surface area contributed by atoms with Crippen LogP contribution in [-0.2, 0) is 25.7 Å². The molecule has 34 heavy (non-hydrogen) atoms. The van der Waals surface area contributed by atoms with Gasteiger partial charge in [-0.1, -0.05) is 41.0 Å². The van der Waals surface area contributed by atoms with Gasteiger partial charge in [-0.05, 0) is 23.8 Å². The van der Waals surface area contributed by atoms with E-state index in [1.54, 1.807) is 17.5 Å². The van der Waals surface area contributed by atoms with Crippen LogP contribution in [0.3, 0.4) is 0 Å². The molecule has 0 saturated carbocycles. The molecule has 2 aromatic rings. The molecule has 1 fully saturated rings. The molecule has 1 saturated heterocycles. The summed E-state index contributed by atoms with van der Waals surface area (Å²) in [7, 11) is 0. The van der Waals surface area contributed by atoms with Gasteiger partial charge in [0.1, 0.15) is 11.7 Å². The number of primary amides is 1. The maximum Gasteiger partial charge on any atom is 0.242 e. The number of hydrogen-bond acceptors (Lipinski definition) is 9. The first kappa shape index (κ1) is 25.2. The largest absolute Gasteiger partial charge is 0.406 e. The van der Waals surface area contributed by atoms with Gasteiger partial charge in [-0.2, -0.15) is 0 Å². The molecule has 4 rings (SSSR count). The van der Waals surface area contributed by atoms with Crippen molar-refractivity contribution < 1.29 is 19.2 Å². The quantitative estimate of drug-likeness (QED) is 0.412. The maximum absolute atomic E-state index is 12.3. The molecule has 13 heteroatoms. The number of hydroxylamine groups is 1. The highest BCUT2D eigenvalue weighted by Crippen LogP contribution is 2.28. The number of hydrogen-bond donors (Lipinski definition) is 3. The van der Waals surface area contributed by atoms with E-state index in [0.29, 0.717) is 41.2 Å². The highest BCUT2D eigenvalue weighted by atomic mass is 35.5. The molecule has 3 heterocycles. The molecule has 9 nitrogen and oxygen atoms in total. The highest BCUT2D eigenvalue weighted by Gasteiger charge is 2.24. The van der Waals surface area contributed by atoms with Gasteiger partial charge < -0.3 is 20.6 Å². The molecule has 1 aromatic heterocycles. The lowest BCUT2D eigenvalue weighted by Crippen LogP contribution is -2.47. The number of amides is 2. The number of ether oxygens (including phenoxy) is 1. The van der Waals surface area contributed by atoms with Gasteiger partial charge in [-0.15, -0.1) is 16.8 Å². The zero-order valence-corrected chi connectivity index (χ0v) is 21.1. The van der Waals surface area contributed by atoms with E-state index in [4.69, 9.17) is 38.5 Å². The summed E-state index contributed by atoms with van der Waals surface area (Å²) in [5.41, 5.74) is 9.45. The van der Waals surface area contributed by atoms with Gasteiger partial charge in [0.2, 0.25) is 11.8 Å². The molecule has 1 aromatic carbocycles. The van der Waals surface area contributed by atoms with Gasteiger partial charge in [-0.3, -0.25) is 14.5 Å². The zero-order valence-electron chi connectivity index (χ0n) is 18.0. The first-order chi connectivity index (χ1) is 16.4. The lowest BCUT2D eigenvalue weighted by Gasteiger charge is -2.33. The molecule has 0 radical (unpaired) electrons. The van der Waals surface area contributed by atoms with Crippen molar-refractivity contribution in [2.45, 2.75) is 23.0 Å². The second-order valence-electron chi connectivity index (χ2n) is 7.70. The standard InChI is InChI=1S/C21H23Cl2N5O4S2/c22-14-2-1-12(5-15(14)23)8-28-3-4-31-13(9-28)7-25-19(29)11-34-21-26-17(10-33-21)18-6-16(20(24)30)27-32-18/h1-2,5-6,10,13,16,27H,3-4,7-9,11H2,(H2,24,30)(H,25,29)/t13-,16?/m0/s1. The molecule has 0 aliphatic carbocycles. The smallest absolute Gasteiger partial charge is 0.242 e. The molecule has 182 valence electrons. The van der Waals surface area contributed by atoms with Crippen molar-refractivity contribution in [3.63, 3.8) is 0 Å². The summed E-state index contributed by atoms with van der Waals surface area (Å²) in [6.45, 7) is 3.29. The minimum absolute atomic E-state index is 0.0888. The lowest BCUT2D eigenvalue weighted by molar-refractivity contribution is -0.120. The minimum atomic E-state index is -0.680. The number of nitrogens with one attached hydrogen (secondary N) is 2. The molecule has 2 aliphatic rings. The van der Waals surface area contributed by atoms with E-state index in [-0.39, 0.29) is 17.8 Å². The van der Waals surface area contributed by atoms with E-state index in [9.17, 15) is 9.59 Å². The summed E-state index contributed by atoms with van der Waals surface area (Å²) < 4.78 is 6.53. The van der Waals surface area contributed by atoms with Crippen molar-refractivity contribution in [3.8, 4) is 0 Å². The second kappa shape index (κ2) is 11.7. The number of nitrogens with zero attached hydrogens (tertiary/aromatic N) is 2. The summed E-state index contributed by atoms with van der Waals surface area (Å²) in [6, 6.07) is 4.95. The van der Waals surface area contributed by atoms with Crippen LogP contribution in [0.1, 0.15) is 11.3 Å². The number of thioether (sulfide) groups is 1.